The molecule has 0 unspecified atom stereocenters. The van der Waals surface area contributed by atoms with Crippen molar-refractivity contribution in [3.63, 3.8) is 0 Å². The van der Waals surface area contributed by atoms with E-state index in [2.05, 4.69) is 0 Å². The first kappa shape index (κ1) is 36.4. The van der Waals surface area contributed by atoms with Crippen LogP contribution < -0.4 is 26.8 Å². The minimum Gasteiger partial charge on any atom is -0.496 e. The molecular formula is C33H36O12S3. The second-order valence-electron chi connectivity index (χ2n) is 11.1. The van der Waals surface area contributed by atoms with E-state index in [9.17, 15) is 25.3 Å². The predicted molar refractivity (Wildman–Crippen MR) is 182 cm³/mol. The van der Waals surface area contributed by atoms with E-state index in [4.69, 9.17) is 26.8 Å². The first-order chi connectivity index (χ1) is 22.3. The molecule has 0 radical (unpaired) electrons. The number of aryl methyl sites for hydroxylation is 3. The van der Waals surface area contributed by atoms with Crippen molar-refractivity contribution in [1.29, 1.82) is 0 Å². The number of ether oxygens (including phenoxy) is 3. The maximum atomic E-state index is 12.6. The molecule has 0 saturated heterocycles. The summed E-state index contributed by atoms with van der Waals surface area (Å²) in [4.78, 5) is 0. The third-order valence-electron chi connectivity index (χ3n) is 6.96. The molecule has 0 saturated carbocycles. The van der Waals surface area contributed by atoms with Crippen LogP contribution in [-0.4, -0.2) is 58.2 Å². The van der Waals surface area contributed by atoms with E-state index in [0.29, 0.717) is 11.1 Å². The smallest absolute Gasteiger partial charge is 0.306 e. The summed E-state index contributed by atoms with van der Waals surface area (Å²) in [5.41, 5.74) is 5.20. The molecule has 12 nitrogen and oxygen atoms in total. The molecule has 258 valence electrons. The minimum absolute atomic E-state index is 0.00997. The van der Waals surface area contributed by atoms with Gasteiger partial charge in [-0.2, -0.15) is 25.3 Å². The van der Waals surface area contributed by atoms with Crippen molar-refractivity contribution in [2.24, 2.45) is 0 Å². The van der Waals surface area contributed by atoms with Gasteiger partial charge < -0.3 is 26.8 Å². The molecular weight excluding hydrogens is 685 g/mol. The normalized spacial score (nSPS) is 11.9. The van der Waals surface area contributed by atoms with Gasteiger partial charge in [-0.25, -0.2) is 0 Å². The van der Waals surface area contributed by atoms with Gasteiger partial charge in [-0.05, 0) is 78.9 Å². The third kappa shape index (κ3) is 9.11. The van der Waals surface area contributed by atoms with E-state index in [0.717, 1.165) is 41.0 Å². The molecule has 0 atom stereocenters. The Morgan fingerprint density at radius 2 is 1.12 bits per heavy atom. The van der Waals surface area contributed by atoms with E-state index in [1.165, 1.54) is 38.5 Å². The summed E-state index contributed by atoms with van der Waals surface area (Å²) in [6.45, 7) is 6.03. The summed E-state index contributed by atoms with van der Waals surface area (Å²) < 4.78 is 106. The Kier molecular flexibility index (Phi) is 10.6. The molecule has 0 aromatic heterocycles. The summed E-state index contributed by atoms with van der Waals surface area (Å²) >= 11 is 0. The topological polar surface area (TPSA) is 158 Å². The summed E-state index contributed by atoms with van der Waals surface area (Å²) in [5.74, 6) is -0.113. The van der Waals surface area contributed by atoms with Crippen molar-refractivity contribution >= 4 is 30.4 Å². The lowest BCUT2D eigenvalue weighted by molar-refractivity contribution is 0.295. The second-order valence-corrected chi connectivity index (χ2v) is 15.8. The summed E-state index contributed by atoms with van der Waals surface area (Å²) in [7, 11) is -9.30. The highest BCUT2D eigenvalue weighted by Gasteiger charge is 2.27. The van der Waals surface area contributed by atoms with E-state index >= 15 is 0 Å². The molecule has 0 amide bonds. The lowest BCUT2D eigenvalue weighted by Crippen LogP contribution is -2.10. The Morgan fingerprint density at radius 1 is 0.562 bits per heavy atom. The molecule has 4 aromatic rings. The SMILES string of the molecule is COc1cc(-c2ccc(OS(C)(=O)=O)cc2)c(OC)c(OS(C)(=O)=O)c1-c1ccc(OCc2c(C)cc(C)cc2C)c(OS(C)(=O)=O)c1. The first-order valence-corrected chi connectivity index (χ1v) is 19.6. The van der Waals surface area contributed by atoms with Gasteiger partial charge >= 0.3 is 30.4 Å². The highest BCUT2D eigenvalue weighted by atomic mass is 32.2. The van der Waals surface area contributed by atoms with Crippen molar-refractivity contribution in [3.05, 3.63) is 82.9 Å². The van der Waals surface area contributed by atoms with Crippen molar-refractivity contribution in [1.82, 2.24) is 0 Å². The molecule has 0 spiro atoms. The molecule has 48 heavy (non-hydrogen) atoms. The van der Waals surface area contributed by atoms with Gasteiger partial charge in [0.05, 0.1) is 38.6 Å². The molecule has 0 bridgehead atoms. The van der Waals surface area contributed by atoms with Crippen molar-refractivity contribution < 1.29 is 52.0 Å². The Bertz CT molecular complexity index is 2150. The average molecular weight is 721 g/mol. The summed E-state index contributed by atoms with van der Waals surface area (Å²) in [6.07, 6.45) is 2.66. The van der Waals surface area contributed by atoms with E-state index in [1.807, 2.05) is 32.9 Å². The zero-order valence-electron chi connectivity index (χ0n) is 27.6. The average Bonchev–Trinajstić information content (AvgIpc) is 2.94. The van der Waals surface area contributed by atoms with Gasteiger partial charge in [-0.15, -0.1) is 0 Å². The molecule has 0 aliphatic rings. The van der Waals surface area contributed by atoms with Gasteiger partial charge in [0.25, 0.3) is 0 Å². The van der Waals surface area contributed by atoms with Crippen molar-refractivity contribution in [2.75, 3.05) is 33.0 Å². The lowest BCUT2D eigenvalue weighted by Gasteiger charge is -2.21. The van der Waals surface area contributed by atoms with Crippen LogP contribution in [0.2, 0.25) is 0 Å². The van der Waals surface area contributed by atoms with Crippen LogP contribution in [-0.2, 0) is 37.0 Å². The van der Waals surface area contributed by atoms with Gasteiger partial charge in [0.15, 0.2) is 23.0 Å². The first-order valence-electron chi connectivity index (χ1n) is 14.2. The zero-order chi connectivity index (χ0) is 35.6. The summed E-state index contributed by atoms with van der Waals surface area (Å²) in [5, 5.41) is 0. The van der Waals surface area contributed by atoms with Gasteiger partial charge in [-0.3, -0.25) is 0 Å². The molecule has 0 N–H and O–H groups in total. The van der Waals surface area contributed by atoms with Crippen molar-refractivity contribution in [2.45, 2.75) is 27.4 Å². The fourth-order valence-corrected chi connectivity index (χ4v) is 6.54. The Morgan fingerprint density at radius 3 is 1.65 bits per heavy atom. The number of hydrogen-bond donors (Lipinski definition) is 0. The van der Waals surface area contributed by atoms with Crippen LogP contribution in [0.5, 0.6) is 34.5 Å². The number of benzene rings is 4. The fourth-order valence-electron chi connectivity index (χ4n) is 5.16. The third-order valence-corrected chi connectivity index (χ3v) is 8.40. The van der Waals surface area contributed by atoms with Gasteiger partial charge in [-0.1, -0.05) is 35.9 Å². The standard InChI is InChI=1S/C33H36O12S3/c1-20-15-21(2)27(22(3)16-20)19-42-28-14-11-24(17-29(28)44-47(7,36)37)31-30(40-4)18-26(32(41-5)33(31)45-48(8,38)39)23-9-12-25(13-10-23)43-46(6,34)35/h9-18H,19H2,1-8H3. The van der Waals surface area contributed by atoms with Crippen LogP contribution >= 0.6 is 0 Å². The molecule has 0 aliphatic heterocycles. The van der Waals surface area contributed by atoms with Crippen LogP contribution in [0.1, 0.15) is 22.3 Å². The zero-order valence-corrected chi connectivity index (χ0v) is 30.1. The molecule has 15 heteroatoms. The number of methoxy groups -OCH3 is 2. The Hall–Kier alpha value is -4.47. The Labute approximate surface area is 281 Å². The maximum absolute atomic E-state index is 12.6. The van der Waals surface area contributed by atoms with Crippen LogP contribution in [0, 0.1) is 20.8 Å². The largest absolute Gasteiger partial charge is 0.496 e. The molecule has 0 aliphatic carbocycles. The Balaban J connectivity index is 1.91. The van der Waals surface area contributed by atoms with Crippen LogP contribution in [0.15, 0.2) is 60.7 Å². The highest BCUT2D eigenvalue weighted by molar-refractivity contribution is 7.86. The number of rotatable bonds is 13. The monoisotopic (exact) mass is 720 g/mol. The van der Waals surface area contributed by atoms with Gasteiger partial charge in [0.1, 0.15) is 18.1 Å². The van der Waals surface area contributed by atoms with Crippen LogP contribution in [0.4, 0.5) is 0 Å². The summed E-state index contributed by atoms with van der Waals surface area (Å²) in [6, 6.07) is 16.0. The maximum Gasteiger partial charge on any atom is 0.306 e. The van der Waals surface area contributed by atoms with E-state index in [1.54, 1.807) is 24.3 Å². The fraction of sp³-hybridized carbons (Fsp3) is 0.273. The molecule has 0 fully saturated rings. The lowest BCUT2D eigenvalue weighted by atomic mass is 9.96. The highest BCUT2D eigenvalue weighted by Crippen LogP contribution is 2.52. The molecule has 0 heterocycles. The number of hydrogen-bond acceptors (Lipinski definition) is 12. The van der Waals surface area contributed by atoms with Crippen LogP contribution in [0.25, 0.3) is 22.3 Å². The van der Waals surface area contributed by atoms with Crippen LogP contribution in [0.3, 0.4) is 0 Å². The van der Waals surface area contributed by atoms with Gasteiger partial charge in [0.2, 0.25) is 0 Å². The molecule has 4 rings (SSSR count). The van der Waals surface area contributed by atoms with Crippen molar-refractivity contribution in [3.8, 4) is 56.8 Å². The predicted octanol–water partition coefficient (Wildman–Crippen LogP) is 5.56. The van der Waals surface area contributed by atoms with E-state index in [-0.39, 0.29) is 52.2 Å². The molecule has 4 aromatic carbocycles. The minimum atomic E-state index is -4.16. The van der Waals surface area contributed by atoms with Gasteiger partial charge in [0, 0.05) is 5.56 Å². The van der Waals surface area contributed by atoms with E-state index < -0.39 is 30.4 Å². The quantitative estimate of drug-likeness (QED) is 0.159. The second kappa shape index (κ2) is 13.9.